The molecule has 2 heteroatoms. The first-order valence-electron chi connectivity index (χ1n) is 13.5. The molecule has 0 saturated heterocycles. The fraction of sp³-hybridized carbons (Fsp3) is 0.500. The van der Waals surface area contributed by atoms with Gasteiger partial charge in [0.2, 0.25) is 0 Å². The van der Waals surface area contributed by atoms with Crippen molar-refractivity contribution in [1.82, 2.24) is 0 Å². The van der Waals surface area contributed by atoms with Crippen LogP contribution < -0.4 is 0 Å². The lowest BCUT2D eigenvalue weighted by molar-refractivity contribution is 0.140. The standard InChI is InChI=1S/C32H42F2/c1-3-5-6-7-8-9-10-11-12-16-24-32(4-2)25-23-29(30(33)31(32)34)28-21-19-27(20-22-28)26-17-14-13-15-18-26/h13-15,17-23,25,31H,3-12,16,24H2,1-2H3. The topological polar surface area (TPSA) is 0 Å². The molecule has 0 nitrogen and oxygen atoms in total. The van der Waals surface area contributed by atoms with Crippen LogP contribution in [-0.4, -0.2) is 6.17 Å². The SMILES string of the molecule is CCCCCCCCCCCCC1(CC)C=CC(c2ccc(-c3ccccc3)cc2)=C(F)C1F. The minimum atomic E-state index is -1.56. The Morgan fingerprint density at radius 2 is 1.21 bits per heavy atom. The Labute approximate surface area is 206 Å². The third kappa shape index (κ3) is 6.90. The maximum absolute atomic E-state index is 15.5. The summed E-state index contributed by atoms with van der Waals surface area (Å²) < 4.78 is 30.8. The van der Waals surface area contributed by atoms with E-state index in [0.29, 0.717) is 18.4 Å². The summed E-state index contributed by atoms with van der Waals surface area (Å²) in [5, 5.41) is 0. The van der Waals surface area contributed by atoms with E-state index in [9.17, 15) is 0 Å². The van der Waals surface area contributed by atoms with Crippen molar-refractivity contribution < 1.29 is 8.78 Å². The van der Waals surface area contributed by atoms with E-state index in [0.717, 1.165) is 29.5 Å². The molecule has 0 spiro atoms. The lowest BCUT2D eigenvalue weighted by Crippen LogP contribution is -2.32. The van der Waals surface area contributed by atoms with Gasteiger partial charge < -0.3 is 0 Å². The molecule has 0 bridgehead atoms. The first-order valence-corrected chi connectivity index (χ1v) is 13.5. The maximum atomic E-state index is 15.5. The predicted octanol–water partition coefficient (Wildman–Crippen LogP) is 10.6. The van der Waals surface area contributed by atoms with Crippen molar-refractivity contribution in [2.24, 2.45) is 5.41 Å². The molecule has 2 aromatic rings. The van der Waals surface area contributed by atoms with Gasteiger partial charge in [-0.25, -0.2) is 8.78 Å². The van der Waals surface area contributed by atoms with Gasteiger partial charge in [0.25, 0.3) is 0 Å². The first-order chi connectivity index (χ1) is 16.6. The molecule has 0 amide bonds. The summed E-state index contributed by atoms with van der Waals surface area (Å²) in [6.07, 6.45) is 16.1. The highest BCUT2D eigenvalue weighted by molar-refractivity contribution is 5.79. The third-order valence-corrected chi connectivity index (χ3v) is 7.52. The molecule has 1 aliphatic rings. The number of allylic oxidation sites excluding steroid dienone is 4. The number of rotatable bonds is 14. The quantitative estimate of drug-likeness (QED) is 0.244. The van der Waals surface area contributed by atoms with E-state index >= 15 is 8.78 Å². The van der Waals surface area contributed by atoms with E-state index in [1.807, 2.05) is 61.5 Å². The fourth-order valence-corrected chi connectivity index (χ4v) is 5.13. The van der Waals surface area contributed by atoms with E-state index in [2.05, 4.69) is 19.1 Å². The summed E-state index contributed by atoms with van der Waals surface area (Å²) in [4.78, 5) is 0. The molecule has 0 heterocycles. The van der Waals surface area contributed by atoms with E-state index in [-0.39, 0.29) is 0 Å². The minimum absolute atomic E-state index is 0.388. The molecule has 2 atom stereocenters. The van der Waals surface area contributed by atoms with Crippen LogP contribution >= 0.6 is 0 Å². The first kappa shape index (κ1) is 26.4. The van der Waals surface area contributed by atoms with Crippen molar-refractivity contribution >= 4 is 5.57 Å². The summed E-state index contributed by atoms with van der Waals surface area (Å²) in [6.45, 7) is 4.23. The Balaban J connectivity index is 1.53. The van der Waals surface area contributed by atoms with Gasteiger partial charge in [-0.2, -0.15) is 0 Å². The molecule has 0 N–H and O–H groups in total. The zero-order valence-electron chi connectivity index (χ0n) is 21.2. The van der Waals surface area contributed by atoms with Gasteiger partial charge in [0, 0.05) is 11.0 Å². The minimum Gasteiger partial charge on any atom is -0.239 e. The van der Waals surface area contributed by atoms with Crippen molar-refractivity contribution in [3.63, 3.8) is 0 Å². The monoisotopic (exact) mass is 464 g/mol. The Kier molecular flexibility index (Phi) is 10.6. The van der Waals surface area contributed by atoms with Crippen LogP contribution in [0.1, 0.15) is 96.5 Å². The van der Waals surface area contributed by atoms with Crippen molar-refractivity contribution in [2.75, 3.05) is 0 Å². The number of hydrogen-bond donors (Lipinski definition) is 0. The average Bonchev–Trinajstić information content (AvgIpc) is 2.88. The molecule has 1 aliphatic carbocycles. The molecule has 0 radical (unpaired) electrons. The van der Waals surface area contributed by atoms with Gasteiger partial charge in [0.15, 0.2) is 6.17 Å². The molecule has 2 unspecified atom stereocenters. The Morgan fingerprint density at radius 3 is 1.79 bits per heavy atom. The lowest BCUT2D eigenvalue weighted by atomic mass is 9.71. The maximum Gasteiger partial charge on any atom is 0.161 e. The van der Waals surface area contributed by atoms with Crippen LogP contribution in [0.4, 0.5) is 8.78 Å². The van der Waals surface area contributed by atoms with E-state index in [1.54, 1.807) is 0 Å². The second-order valence-electron chi connectivity index (χ2n) is 9.92. The Morgan fingerprint density at radius 1 is 0.676 bits per heavy atom. The van der Waals surface area contributed by atoms with E-state index in [1.165, 1.54) is 51.4 Å². The summed E-state index contributed by atoms with van der Waals surface area (Å²) in [7, 11) is 0. The average molecular weight is 465 g/mol. The molecule has 0 fully saturated rings. The summed E-state index contributed by atoms with van der Waals surface area (Å²) in [5.41, 5.74) is 2.61. The van der Waals surface area contributed by atoms with E-state index < -0.39 is 17.4 Å². The normalized spacial score (nSPS) is 20.2. The molecule has 184 valence electrons. The number of halogens is 2. The molecular weight excluding hydrogens is 422 g/mol. The zero-order chi connectivity index (χ0) is 24.2. The van der Waals surface area contributed by atoms with Gasteiger partial charge in [0.1, 0.15) is 5.83 Å². The van der Waals surface area contributed by atoms with Crippen molar-refractivity contribution in [3.05, 3.63) is 78.1 Å². The Hall–Kier alpha value is -2.22. The number of alkyl halides is 1. The van der Waals surface area contributed by atoms with Crippen molar-refractivity contribution in [2.45, 2.75) is 97.1 Å². The molecule has 3 rings (SSSR count). The van der Waals surface area contributed by atoms with E-state index in [4.69, 9.17) is 0 Å². The van der Waals surface area contributed by atoms with Crippen LogP contribution in [0.25, 0.3) is 16.7 Å². The highest BCUT2D eigenvalue weighted by Gasteiger charge is 2.41. The summed E-state index contributed by atoms with van der Waals surface area (Å²) in [5.74, 6) is -0.608. The predicted molar refractivity (Wildman–Crippen MR) is 143 cm³/mol. The smallest absolute Gasteiger partial charge is 0.161 e. The number of unbranched alkanes of at least 4 members (excludes halogenated alkanes) is 9. The van der Waals surface area contributed by atoms with Gasteiger partial charge in [0.05, 0.1) is 0 Å². The summed E-state index contributed by atoms with van der Waals surface area (Å²) in [6, 6.07) is 17.9. The van der Waals surface area contributed by atoms with Gasteiger partial charge >= 0.3 is 0 Å². The van der Waals surface area contributed by atoms with Crippen LogP contribution in [0.3, 0.4) is 0 Å². The van der Waals surface area contributed by atoms with Crippen molar-refractivity contribution in [1.29, 1.82) is 0 Å². The van der Waals surface area contributed by atoms with Crippen LogP contribution in [-0.2, 0) is 0 Å². The van der Waals surface area contributed by atoms with Gasteiger partial charge in [-0.1, -0.05) is 145 Å². The zero-order valence-corrected chi connectivity index (χ0v) is 21.2. The lowest BCUT2D eigenvalue weighted by Gasteiger charge is -2.36. The third-order valence-electron chi connectivity index (χ3n) is 7.52. The van der Waals surface area contributed by atoms with Crippen LogP contribution in [0, 0.1) is 5.41 Å². The Bertz CT molecular complexity index is 910. The number of benzene rings is 2. The molecule has 2 aromatic carbocycles. The second kappa shape index (κ2) is 13.6. The van der Waals surface area contributed by atoms with Gasteiger partial charge in [-0.3, -0.25) is 0 Å². The van der Waals surface area contributed by atoms with Crippen LogP contribution in [0.15, 0.2) is 72.6 Å². The summed E-state index contributed by atoms with van der Waals surface area (Å²) >= 11 is 0. The van der Waals surface area contributed by atoms with Crippen molar-refractivity contribution in [3.8, 4) is 11.1 Å². The molecule has 0 aromatic heterocycles. The fourth-order valence-electron chi connectivity index (χ4n) is 5.13. The van der Waals surface area contributed by atoms with Gasteiger partial charge in [-0.15, -0.1) is 0 Å². The highest BCUT2D eigenvalue weighted by atomic mass is 19.2. The molecule has 0 aliphatic heterocycles. The van der Waals surface area contributed by atoms with Crippen LogP contribution in [0.2, 0.25) is 0 Å². The van der Waals surface area contributed by atoms with Gasteiger partial charge in [-0.05, 0) is 29.5 Å². The highest BCUT2D eigenvalue weighted by Crippen LogP contribution is 2.46. The molecule has 0 saturated carbocycles. The molecule has 34 heavy (non-hydrogen) atoms. The number of hydrogen-bond acceptors (Lipinski definition) is 0. The largest absolute Gasteiger partial charge is 0.239 e. The molecular formula is C32H42F2. The van der Waals surface area contributed by atoms with Crippen LogP contribution in [0.5, 0.6) is 0 Å². The second-order valence-corrected chi connectivity index (χ2v) is 9.92.